The second-order valence-electron chi connectivity index (χ2n) is 8.22. The third-order valence-electron chi connectivity index (χ3n) is 6.27. The van der Waals surface area contributed by atoms with Gasteiger partial charge in [-0.25, -0.2) is 4.99 Å². The van der Waals surface area contributed by atoms with Crippen molar-refractivity contribution in [1.82, 2.24) is 25.0 Å². The van der Waals surface area contributed by atoms with Gasteiger partial charge in [0.25, 0.3) is 0 Å². The van der Waals surface area contributed by atoms with E-state index < -0.39 is 0 Å². The normalized spacial score (nSPS) is 20.0. The predicted molar refractivity (Wildman–Crippen MR) is 123 cm³/mol. The van der Waals surface area contributed by atoms with E-state index in [4.69, 9.17) is 9.73 Å². The molecule has 3 rings (SSSR count). The van der Waals surface area contributed by atoms with Crippen LogP contribution in [0.1, 0.15) is 63.0 Å². The van der Waals surface area contributed by atoms with E-state index >= 15 is 0 Å². The van der Waals surface area contributed by atoms with Crippen molar-refractivity contribution in [3.8, 4) is 0 Å². The SMILES string of the molecule is COCCNC(=NCc1nnc(C)n1C)N1CCCC2(CCCCCC2)C1.I. The Bertz CT molecular complexity index is 624. The lowest BCUT2D eigenvalue weighted by Crippen LogP contribution is -2.51. The Balaban J connectivity index is 0.00000280. The number of ether oxygens (including phenoxy) is 1. The van der Waals surface area contributed by atoms with Gasteiger partial charge in [-0.3, -0.25) is 0 Å². The van der Waals surface area contributed by atoms with Crippen LogP contribution in [0.3, 0.4) is 0 Å². The monoisotopic (exact) mass is 504 g/mol. The first-order valence-electron chi connectivity index (χ1n) is 10.5. The van der Waals surface area contributed by atoms with Crippen molar-refractivity contribution in [2.45, 2.75) is 64.8 Å². The molecular formula is C20H37IN6O. The summed E-state index contributed by atoms with van der Waals surface area (Å²) < 4.78 is 7.24. The Morgan fingerprint density at radius 2 is 1.86 bits per heavy atom. The molecule has 1 saturated carbocycles. The van der Waals surface area contributed by atoms with Gasteiger partial charge in [0.1, 0.15) is 12.4 Å². The van der Waals surface area contributed by atoms with Crippen molar-refractivity contribution in [1.29, 1.82) is 0 Å². The van der Waals surface area contributed by atoms with Gasteiger partial charge in [0.15, 0.2) is 11.8 Å². The van der Waals surface area contributed by atoms with E-state index in [1.54, 1.807) is 7.11 Å². The van der Waals surface area contributed by atoms with Gasteiger partial charge in [-0.15, -0.1) is 34.2 Å². The molecule has 1 N–H and O–H groups in total. The number of nitrogens with zero attached hydrogens (tertiary/aromatic N) is 5. The van der Waals surface area contributed by atoms with Crippen molar-refractivity contribution < 1.29 is 4.74 Å². The standard InChI is InChI=1S/C20H36N6O.HI/c1-17-23-24-18(25(17)2)15-22-19(21-12-14-27-3)26-13-8-11-20(16-26)9-6-4-5-7-10-20;/h4-16H2,1-3H3,(H,21,22);1H. The number of likely N-dealkylation sites (tertiary alicyclic amines) is 1. The zero-order chi connectivity index (χ0) is 19.1. The van der Waals surface area contributed by atoms with Gasteiger partial charge in [0.2, 0.25) is 0 Å². The molecule has 0 aromatic carbocycles. The summed E-state index contributed by atoms with van der Waals surface area (Å²) in [6, 6.07) is 0. The number of halogens is 1. The molecule has 0 bridgehead atoms. The lowest BCUT2D eigenvalue weighted by atomic mass is 9.74. The van der Waals surface area contributed by atoms with Crippen LogP contribution in [-0.2, 0) is 18.3 Å². The maximum atomic E-state index is 5.23. The Hall–Kier alpha value is -0.900. The van der Waals surface area contributed by atoms with Gasteiger partial charge in [0, 0.05) is 33.8 Å². The quantitative estimate of drug-likeness (QED) is 0.289. The zero-order valence-corrected chi connectivity index (χ0v) is 20.1. The molecule has 2 heterocycles. The minimum absolute atomic E-state index is 0. The predicted octanol–water partition coefficient (Wildman–Crippen LogP) is 3.27. The van der Waals surface area contributed by atoms with E-state index in [2.05, 4.69) is 20.4 Å². The van der Waals surface area contributed by atoms with E-state index in [1.807, 2.05) is 18.5 Å². The highest BCUT2D eigenvalue weighted by Gasteiger charge is 2.36. The summed E-state index contributed by atoms with van der Waals surface area (Å²) in [5.74, 6) is 2.82. The minimum Gasteiger partial charge on any atom is -0.383 e. The molecule has 2 aliphatic rings. The third-order valence-corrected chi connectivity index (χ3v) is 6.27. The fourth-order valence-corrected chi connectivity index (χ4v) is 4.54. The van der Waals surface area contributed by atoms with Crippen molar-refractivity contribution in [3.63, 3.8) is 0 Å². The molecule has 1 aromatic rings. The Kier molecular flexibility index (Phi) is 9.46. The molecule has 0 unspecified atom stereocenters. The van der Waals surface area contributed by atoms with Crippen LogP contribution < -0.4 is 5.32 Å². The highest BCUT2D eigenvalue weighted by molar-refractivity contribution is 14.0. The summed E-state index contributed by atoms with van der Waals surface area (Å²) in [5, 5.41) is 11.9. The summed E-state index contributed by atoms with van der Waals surface area (Å²) in [7, 11) is 3.74. The van der Waals surface area contributed by atoms with Crippen LogP contribution in [0.25, 0.3) is 0 Å². The summed E-state index contributed by atoms with van der Waals surface area (Å²) in [6.45, 7) is 6.19. The summed E-state index contributed by atoms with van der Waals surface area (Å²) in [6.07, 6.45) is 11.0. The first-order chi connectivity index (χ1) is 13.1. The molecule has 1 saturated heterocycles. The molecule has 1 aliphatic heterocycles. The number of guanidine groups is 1. The van der Waals surface area contributed by atoms with Gasteiger partial charge in [-0.05, 0) is 38.0 Å². The summed E-state index contributed by atoms with van der Waals surface area (Å²) in [4.78, 5) is 7.40. The maximum absolute atomic E-state index is 5.23. The molecule has 0 radical (unpaired) electrons. The molecule has 0 amide bonds. The van der Waals surface area contributed by atoms with Gasteiger partial charge in [0.05, 0.1) is 6.61 Å². The number of hydrogen-bond acceptors (Lipinski definition) is 4. The van der Waals surface area contributed by atoms with Crippen LogP contribution in [0.2, 0.25) is 0 Å². The second-order valence-corrected chi connectivity index (χ2v) is 8.22. The number of aliphatic imine (C=N–C) groups is 1. The lowest BCUT2D eigenvalue weighted by Gasteiger charge is -2.44. The zero-order valence-electron chi connectivity index (χ0n) is 17.7. The Labute approximate surface area is 186 Å². The van der Waals surface area contributed by atoms with Gasteiger partial charge in [-0.1, -0.05) is 25.7 Å². The Morgan fingerprint density at radius 3 is 2.50 bits per heavy atom. The fraction of sp³-hybridized carbons (Fsp3) is 0.850. The molecule has 1 aromatic heterocycles. The minimum atomic E-state index is 0. The second kappa shape index (κ2) is 11.3. The average Bonchev–Trinajstić information content (AvgIpc) is 2.85. The highest BCUT2D eigenvalue weighted by atomic mass is 127. The molecule has 1 aliphatic carbocycles. The van der Waals surface area contributed by atoms with Crippen LogP contribution in [-0.4, -0.2) is 59.0 Å². The number of aromatic nitrogens is 3. The lowest BCUT2D eigenvalue weighted by molar-refractivity contribution is 0.114. The molecular weight excluding hydrogens is 467 g/mol. The number of methoxy groups -OCH3 is 1. The first kappa shape index (κ1) is 23.4. The maximum Gasteiger partial charge on any atom is 0.194 e. The molecule has 1 spiro atoms. The summed E-state index contributed by atoms with van der Waals surface area (Å²) in [5.41, 5.74) is 0.486. The van der Waals surface area contributed by atoms with E-state index in [1.165, 1.54) is 51.4 Å². The molecule has 160 valence electrons. The van der Waals surface area contributed by atoms with Gasteiger partial charge in [-0.2, -0.15) is 0 Å². The molecule has 7 nitrogen and oxygen atoms in total. The third kappa shape index (κ3) is 6.05. The molecule has 28 heavy (non-hydrogen) atoms. The largest absolute Gasteiger partial charge is 0.383 e. The number of hydrogen-bond donors (Lipinski definition) is 1. The molecule has 2 fully saturated rings. The van der Waals surface area contributed by atoms with E-state index in [0.29, 0.717) is 18.6 Å². The topological polar surface area (TPSA) is 67.6 Å². The van der Waals surface area contributed by atoms with Crippen molar-refractivity contribution in [3.05, 3.63) is 11.6 Å². The Morgan fingerprint density at radius 1 is 1.14 bits per heavy atom. The summed E-state index contributed by atoms with van der Waals surface area (Å²) >= 11 is 0. The van der Waals surface area contributed by atoms with Crippen molar-refractivity contribution >= 4 is 29.9 Å². The number of nitrogens with one attached hydrogen (secondary N) is 1. The first-order valence-corrected chi connectivity index (χ1v) is 10.5. The van der Waals surface area contributed by atoms with Gasteiger partial charge < -0.3 is 19.5 Å². The van der Waals surface area contributed by atoms with Crippen molar-refractivity contribution in [2.24, 2.45) is 17.5 Å². The van der Waals surface area contributed by atoms with Crippen LogP contribution >= 0.6 is 24.0 Å². The smallest absolute Gasteiger partial charge is 0.194 e. The van der Waals surface area contributed by atoms with E-state index in [0.717, 1.165) is 37.2 Å². The van der Waals surface area contributed by atoms with E-state index in [9.17, 15) is 0 Å². The molecule has 0 atom stereocenters. The van der Waals surface area contributed by atoms with Crippen LogP contribution in [0.4, 0.5) is 0 Å². The fourth-order valence-electron chi connectivity index (χ4n) is 4.54. The van der Waals surface area contributed by atoms with Crippen LogP contribution in [0, 0.1) is 12.3 Å². The average molecular weight is 504 g/mol. The highest BCUT2D eigenvalue weighted by Crippen LogP contribution is 2.42. The van der Waals surface area contributed by atoms with Gasteiger partial charge >= 0.3 is 0 Å². The molecule has 8 heteroatoms. The number of piperidine rings is 1. The number of rotatable bonds is 5. The van der Waals surface area contributed by atoms with Crippen LogP contribution in [0.15, 0.2) is 4.99 Å². The number of aryl methyl sites for hydroxylation is 1. The van der Waals surface area contributed by atoms with Crippen molar-refractivity contribution in [2.75, 3.05) is 33.4 Å². The van der Waals surface area contributed by atoms with E-state index in [-0.39, 0.29) is 24.0 Å². The van der Waals surface area contributed by atoms with Crippen LogP contribution in [0.5, 0.6) is 0 Å².